The lowest BCUT2D eigenvalue weighted by Crippen LogP contribution is -2.60. The molecule has 14 rings (SSSR count). The molecule has 1 amide bonds. The van der Waals surface area contributed by atoms with Crippen molar-refractivity contribution in [2.75, 3.05) is 112 Å². The lowest BCUT2D eigenvalue weighted by atomic mass is 9.59. The fourth-order valence-corrected chi connectivity index (χ4v) is 16.0. The third-order valence-electron chi connectivity index (χ3n) is 19.8. The first-order chi connectivity index (χ1) is 41.8. The SMILES string of the molecule is Cc1ccccc1[C@@H]1CN([C@H]2CCOc3c(N4CCOC[C@@H]4C)ncc(F)c32)CCN1C1CC2(CCN(c3ccc(C(=O)NS(=O)(=O)c4ccc(NCC5CCOCC5)c([N+](=O)[O-])c4)c(N4c5cc6cc[nH]c6nc5O[C@H]5COCC[C@@H]54)c3)CC2)C1. The molecule has 1 spiro atoms. The highest BCUT2D eigenvalue weighted by atomic mass is 32.2. The van der Waals surface area contributed by atoms with Crippen molar-refractivity contribution in [3.05, 3.63) is 123 Å². The Bertz CT molecular complexity index is 3660. The van der Waals surface area contributed by atoms with E-state index in [1.807, 2.05) is 24.3 Å². The number of pyridine rings is 2. The number of anilines is 5. The minimum atomic E-state index is -4.64. The van der Waals surface area contributed by atoms with Crippen molar-refractivity contribution in [3.63, 3.8) is 0 Å². The average molecular weight is 1200 g/mol. The number of sulfonamides is 1. The zero-order valence-corrected chi connectivity index (χ0v) is 49.4. The van der Waals surface area contributed by atoms with E-state index in [4.69, 9.17) is 28.7 Å². The molecule has 0 radical (unpaired) electrons. The van der Waals surface area contributed by atoms with E-state index in [9.17, 15) is 23.3 Å². The number of aryl methyl sites for hydroxylation is 1. The monoisotopic (exact) mass is 1200 g/mol. The molecule has 3 aromatic heterocycles. The molecule has 10 heterocycles. The highest BCUT2D eigenvalue weighted by Gasteiger charge is 2.51. The zero-order chi connectivity index (χ0) is 58.8. The number of ether oxygens (including phenoxy) is 5. The Morgan fingerprint density at radius 1 is 0.884 bits per heavy atom. The number of amides is 1. The summed E-state index contributed by atoms with van der Waals surface area (Å²) in [5.41, 5.74) is 5.83. The van der Waals surface area contributed by atoms with Gasteiger partial charge in [0.25, 0.3) is 21.6 Å². The highest BCUT2D eigenvalue weighted by Crippen LogP contribution is 2.55. The Morgan fingerprint density at radius 3 is 2.51 bits per heavy atom. The molecule has 1 saturated carbocycles. The summed E-state index contributed by atoms with van der Waals surface area (Å²) < 4.78 is 77.1. The highest BCUT2D eigenvalue weighted by molar-refractivity contribution is 7.90. The Morgan fingerprint density at radius 2 is 1.70 bits per heavy atom. The number of nitrogens with one attached hydrogen (secondary N) is 3. The molecule has 21 nitrogen and oxygen atoms in total. The van der Waals surface area contributed by atoms with Crippen LogP contribution in [-0.4, -0.2) is 160 Å². The molecule has 7 aliphatic heterocycles. The van der Waals surface area contributed by atoms with Gasteiger partial charge in [-0.05, 0) is 124 Å². The first kappa shape index (κ1) is 56.6. The number of nitro benzene ring substituents is 1. The quantitative estimate of drug-likeness (QED) is 0.0726. The maximum atomic E-state index is 16.2. The fourth-order valence-electron chi connectivity index (χ4n) is 15.0. The molecule has 1 aliphatic carbocycles. The van der Waals surface area contributed by atoms with Gasteiger partial charge < -0.3 is 48.7 Å². The summed E-state index contributed by atoms with van der Waals surface area (Å²) in [6, 6.07) is 22.0. The predicted molar refractivity (Wildman–Crippen MR) is 322 cm³/mol. The van der Waals surface area contributed by atoms with Crippen molar-refractivity contribution in [3.8, 4) is 11.6 Å². The Kier molecular flexibility index (Phi) is 15.3. The lowest BCUT2D eigenvalue weighted by Gasteiger charge is -2.59. The molecule has 5 saturated heterocycles. The molecule has 5 atom stereocenters. The first-order valence-corrected chi connectivity index (χ1v) is 32.1. The summed E-state index contributed by atoms with van der Waals surface area (Å²) in [4.78, 5) is 50.8. The molecular weight excluding hydrogens is 1120 g/mol. The van der Waals surface area contributed by atoms with Crippen LogP contribution in [0.3, 0.4) is 0 Å². The van der Waals surface area contributed by atoms with Gasteiger partial charge in [-0.15, -0.1) is 0 Å². The van der Waals surface area contributed by atoms with Gasteiger partial charge in [0.2, 0.25) is 5.88 Å². The number of nitro groups is 1. The number of piperidine rings is 1. The van der Waals surface area contributed by atoms with Crippen LogP contribution >= 0.6 is 0 Å². The average Bonchev–Trinajstić information content (AvgIpc) is 0.967. The van der Waals surface area contributed by atoms with Crippen molar-refractivity contribution in [2.24, 2.45) is 11.3 Å². The van der Waals surface area contributed by atoms with E-state index < -0.39 is 37.5 Å². The van der Waals surface area contributed by atoms with Crippen LogP contribution in [0, 0.1) is 34.2 Å². The van der Waals surface area contributed by atoms with Crippen LogP contribution in [0.25, 0.3) is 11.0 Å². The number of nitrogens with zero attached hydrogens (tertiary/aromatic N) is 8. The number of hydrogen-bond acceptors (Lipinski definition) is 18. The van der Waals surface area contributed by atoms with Crippen molar-refractivity contribution in [2.45, 2.75) is 106 Å². The van der Waals surface area contributed by atoms with Crippen molar-refractivity contribution in [1.82, 2.24) is 29.5 Å². The summed E-state index contributed by atoms with van der Waals surface area (Å²) in [7, 11) is -4.64. The number of morpholine rings is 1. The minimum Gasteiger partial charge on any atom is -0.489 e. The molecule has 0 unspecified atom stereocenters. The molecule has 3 N–H and O–H groups in total. The van der Waals surface area contributed by atoms with E-state index in [-0.39, 0.29) is 59.2 Å². The molecule has 0 bridgehead atoms. The van der Waals surface area contributed by atoms with Gasteiger partial charge in [0.05, 0.1) is 71.3 Å². The maximum Gasteiger partial charge on any atom is 0.293 e. The van der Waals surface area contributed by atoms with E-state index in [2.05, 4.69) is 82.6 Å². The number of carbonyl (C=O) groups is 1. The molecule has 6 fully saturated rings. The number of hydrogen-bond donors (Lipinski definition) is 3. The Hall–Kier alpha value is -7.15. The number of halogens is 1. The van der Waals surface area contributed by atoms with Crippen LogP contribution in [-0.2, 0) is 24.2 Å². The predicted octanol–water partition coefficient (Wildman–Crippen LogP) is 8.82. The van der Waals surface area contributed by atoms with Crippen LogP contribution in [0.15, 0.2) is 90.1 Å². The van der Waals surface area contributed by atoms with Gasteiger partial charge in [0.15, 0.2) is 11.6 Å². The first-order valence-electron chi connectivity index (χ1n) is 30.6. The number of aromatic amines is 1. The number of aromatic nitrogens is 3. The van der Waals surface area contributed by atoms with E-state index in [0.717, 1.165) is 88.4 Å². The summed E-state index contributed by atoms with van der Waals surface area (Å²) in [6.07, 6.45) is 9.68. The van der Waals surface area contributed by atoms with Crippen LogP contribution in [0.1, 0.15) is 97.4 Å². The van der Waals surface area contributed by atoms with Crippen molar-refractivity contribution in [1.29, 1.82) is 0 Å². The van der Waals surface area contributed by atoms with Gasteiger partial charge in [-0.1, -0.05) is 24.3 Å². The number of carbonyl (C=O) groups excluding carboxylic acids is 1. The molecule has 3 aromatic carbocycles. The molecule has 454 valence electrons. The smallest absolute Gasteiger partial charge is 0.293 e. The van der Waals surface area contributed by atoms with Crippen molar-refractivity contribution >= 4 is 61.2 Å². The fraction of sp³-hybridized carbons (Fsp3) is 0.508. The standard InChI is InChI=1S/C63H74FN11O10S/c1-39-5-3-4-6-46(39)55-36-71(51-15-27-84-58-57(51)48(64)35-67-60(58)72-23-28-83-37-40(72)2)21-22-73(55)44-32-63(33-44)16-19-70(20-17-63)43-7-9-47(52(30-43)74-50-14-26-82-38-56(50)85-62-54(74)29-42-11-18-65-59(42)68-62)61(76)69-86(79,80)45-8-10-49(53(31-45)75(77)78)66-34-41-12-24-81-25-13-41/h3-11,18,29-31,35,40-41,44,50-51,55-56,66H,12-17,19-28,32-34,36-38H2,1-2H3,(H,65,68)(H,69,76)/t40-,50-,51-,55-,56-/m0/s1. The van der Waals surface area contributed by atoms with Gasteiger partial charge in [0, 0.05) is 114 Å². The normalized spacial score (nSPS) is 24.7. The van der Waals surface area contributed by atoms with Crippen LogP contribution in [0.5, 0.6) is 11.6 Å². The Labute approximate surface area is 499 Å². The second-order valence-electron chi connectivity index (χ2n) is 24.8. The lowest BCUT2D eigenvalue weighted by molar-refractivity contribution is -0.384. The maximum absolute atomic E-state index is 16.2. The van der Waals surface area contributed by atoms with Gasteiger partial charge in [-0.3, -0.25) is 24.7 Å². The van der Waals surface area contributed by atoms with Crippen LogP contribution < -0.4 is 34.2 Å². The van der Waals surface area contributed by atoms with Crippen molar-refractivity contribution < 1.29 is 46.2 Å². The summed E-state index contributed by atoms with van der Waals surface area (Å²) in [5.74, 6) is 0.668. The molecule has 6 aromatic rings. The second kappa shape index (κ2) is 23.2. The van der Waals surface area contributed by atoms with Gasteiger partial charge in [-0.2, -0.15) is 4.98 Å². The van der Waals surface area contributed by atoms with E-state index in [1.54, 1.807) is 12.3 Å². The number of piperazine rings is 1. The van der Waals surface area contributed by atoms with E-state index >= 15 is 4.39 Å². The largest absolute Gasteiger partial charge is 0.489 e. The minimum absolute atomic E-state index is 0.0933. The number of H-pyrrole nitrogens is 1. The second-order valence-corrected chi connectivity index (χ2v) is 26.5. The summed E-state index contributed by atoms with van der Waals surface area (Å²) in [5, 5.41) is 16.4. The van der Waals surface area contributed by atoms with Gasteiger partial charge in [-0.25, -0.2) is 22.5 Å². The molecule has 86 heavy (non-hydrogen) atoms. The summed E-state index contributed by atoms with van der Waals surface area (Å²) in [6.45, 7) is 13.0. The van der Waals surface area contributed by atoms with E-state index in [1.165, 1.54) is 29.5 Å². The van der Waals surface area contributed by atoms with Gasteiger partial charge in [0.1, 0.15) is 28.9 Å². The third kappa shape index (κ3) is 10.6. The molecule has 8 aliphatic rings. The summed E-state index contributed by atoms with van der Waals surface area (Å²) >= 11 is 0. The molecule has 23 heteroatoms. The Balaban J connectivity index is 0.717. The number of fused-ring (bicyclic) bond motifs is 4. The van der Waals surface area contributed by atoms with Crippen LogP contribution in [0.4, 0.5) is 38.6 Å². The zero-order valence-electron chi connectivity index (χ0n) is 48.6. The number of benzene rings is 3. The number of rotatable bonds is 13. The van der Waals surface area contributed by atoms with Crippen LogP contribution in [0.2, 0.25) is 0 Å². The topological polar surface area (TPSA) is 222 Å². The molecular formula is C63H74FN11O10S. The van der Waals surface area contributed by atoms with Gasteiger partial charge >= 0.3 is 0 Å². The third-order valence-corrected chi connectivity index (χ3v) is 21.1. The van der Waals surface area contributed by atoms with E-state index in [0.29, 0.717) is 112 Å².